The molecule has 0 spiro atoms. The van der Waals surface area contributed by atoms with Crippen LogP contribution < -0.4 is 16.0 Å². The van der Waals surface area contributed by atoms with Crippen molar-refractivity contribution in [2.45, 2.75) is 18.9 Å². The molecule has 1 atom stereocenters. The van der Waals surface area contributed by atoms with Crippen LogP contribution in [-0.2, 0) is 4.74 Å². The first-order valence-electron chi connectivity index (χ1n) is 6.13. The van der Waals surface area contributed by atoms with E-state index in [0.717, 1.165) is 12.8 Å². The number of hydrogen-bond acceptors (Lipinski definition) is 4. The van der Waals surface area contributed by atoms with Gasteiger partial charge in [0.2, 0.25) is 0 Å². The Morgan fingerprint density at radius 2 is 2.17 bits per heavy atom. The predicted octanol–water partition coefficient (Wildman–Crippen LogP) is 1.77. The van der Waals surface area contributed by atoms with Gasteiger partial charge in [0, 0.05) is 24.8 Å². The molecule has 100 valence electrons. The Morgan fingerprint density at radius 1 is 1.44 bits per heavy atom. The third-order valence-corrected chi connectivity index (χ3v) is 3.46. The molecule has 0 bridgehead atoms. The number of nitrogens with two attached hydrogens (primary N) is 1. The van der Waals surface area contributed by atoms with Gasteiger partial charge < -0.3 is 9.47 Å². The van der Waals surface area contributed by atoms with E-state index in [-0.39, 0.29) is 11.9 Å². The van der Waals surface area contributed by atoms with Gasteiger partial charge in [-0.1, -0.05) is 6.07 Å². The fraction of sp³-hybridized carbons (Fsp3) is 0.538. The van der Waals surface area contributed by atoms with Gasteiger partial charge in [-0.25, -0.2) is 4.39 Å². The summed E-state index contributed by atoms with van der Waals surface area (Å²) in [4.78, 5) is 0. The second-order valence-electron chi connectivity index (χ2n) is 4.48. The number of hydrogen-bond donors (Lipinski definition) is 2. The second-order valence-corrected chi connectivity index (χ2v) is 4.48. The highest BCUT2D eigenvalue weighted by molar-refractivity contribution is 5.31. The van der Waals surface area contributed by atoms with Crippen LogP contribution in [0.3, 0.4) is 0 Å². The Labute approximate surface area is 106 Å². The lowest BCUT2D eigenvalue weighted by Crippen LogP contribution is -2.36. The summed E-state index contributed by atoms with van der Waals surface area (Å²) in [7, 11) is 1.52. The minimum Gasteiger partial charge on any atom is -0.497 e. The van der Waals surface area contributed by atoms with Crippen molar-refractivity contribution in [3.05, 3.63) is 29.6 Å². The zero-order chi connectivity index (χ0) is 13.0. The van der Waals surface area contributed by atoms with E-state index in [1.54, 1.807) is 12.1 Å². The van der Waals surface area contributed by atoms with Crippen molar-refractivity contribution in [1.29, 1.82) is 0 Å². The third kappa shape index (κ3) is 2.80. The molecule has 18 heavy (non-hydrogen) atoms. The molecule has 1 unspecified atom stereocenters. The molecule has 1 heterocycles. The van der Waals surface area contributed by atoms with Gasteiger partial charge in [0.05, 0.1) is 13.2 Å². The number of methoxy groups -OCH3 is 1. The maximum absolute atomic E-state index is 14.0. The summed E-state index contributed by atoms with van der Waals surface area (Å²) in [5, 5.41) is 0. The van der Waals surface area contributed by atoms with E-state index in [1.807, 2.05) is 0 Å². The van der Waals surface area contributed by atoms with Gasteiger partial charge in [-0.15, -0.1) is 0 Å². The number of nitrogens with one attached hydrogen (secondary N) is 1. The lowest BCUT2D eigenvalue weighted by molar-refractivity contribution is 0.0531. The Kier molecular flexibility index (Phi) is 4.52. The molecule has 1 saturated heterocycles. The number of ether oxygens (including phenoxy) is 2. The summed E-state index contributed by atoms with van der Waals surface area (Å²) < 4.78 is 24.3. The van der Waals surface area contributed by atoms with Crippen molar-refractivity contribution in [3.63, 3.8) is 0 Å². The molecule has 3 N–H and O–H groups in total. The lowest BCUT2D eigenvalue weighted by Gasteiger charge is -2.30. The maximum Gasteiger partial charge on any atom is 0.131 e. The van der Waals surface area contributed by atoms with Crippen LogP contribution in [0.1, 0.15) is 24.4 Å². The molecule has 0 saturated carbocycles. The van der Waals surface area contributed by atoms with Crippen LogP contribution in [0.15, 0.2) is 18.2 Å². The minimum absolute atomic E-state index is 0.181. The number of rotatable bonds is 4. The Hall–Kier alpha value is -1.17. The molecular weight excluding hydrogens is 235 g/mol. The van der Waals surface area contributed by atoms with Crippen molar-refractivity contribution in [2.24, 2.45) is 11.8 Å². The number of benzene rings is 1. The first kappa shape index (κ1) is 13.3. The van der Waals surface area contributed by atoms with E-state index in [2.05, 4.69) is 5.43 Å². The molecule has 1 fully saturated rings. The minimum atomic E-state index is -0.288. The number of halogens is 1. The Bertz CT molecular complexity index is 395. The van der Waals surface area contributed by atoms with E-state index in [1.165, 1.54) is 13.2 Å². The van der Waals surface area contributed by atoms with Crippen molar-refractivity contribution in [2.75, 3.05) is 20.3 Å². The molecule has 1 aromatic rings. The Morgan fingerprint density at radius 3 is 2.72 bits per heavy atom. The first-order chi connectivity index (χ1) is 8.76. The predicted molar refractivity (Wildman–Crippen MR) is 66.6 cm³/mol. The fourth-order valence-corrected chi connectivity index (χ4v) is 2.42. The van der Waals surface area contributed by atoms with Gasteiger partial charge in [-0.3, -0.25) is 11.3 Å². The summed E-state index contributed by atoms with van der Waals surface area (Å²) >= 11 is 0. The maximum atomic E-state index is 14.0. The third-order valence-electron chi connectivity index (χ3n) is 3.46. The van der Waals surface area contributed by atoms with Gasteiger partial charge >= 0.3 is 0 Å². The van der Waals surface area contributed by atoms with Gasteiger partial charge in [-0.2, -0.15) is 0 Å². The lowest BCUT2D eigenvalue weighted by atomic mass is 9.87. The van der Waals surface area contributed by atoms with E-state index >= 15 is 0 Å². The highest BCUT2D eigenvalue weighted by Crippen LogP contribution is 2.32. The van der Waals surface area contributed by atoms with E-state index in [4.69, 9.17) is 15.3 Å². The van der Waals surface area contributed by atoms with Crippen molar-refractivity contribution < 1.29 is 13.9 Å². The van der Waals surface area contributed by atoms with Crippen LogP contribution in [-0.4, -0.2) is 20.3 Å². The van der Waals surface area contributed by atoms with Crippen LogP contribution in [0.2, 0.25) is 0 Å². The van der Waals surface area contributed by atoms with Crippen molar-refractivity contribution >= 4 is 0 Å². The van der Waals surface area contributed by atoms with Crippen LogP contribution in [0.25, 0.3) is 0 Å². The SMILES string of the molecule is COc1ccc(C(NN)C2CCOCC2)c(F)c1. The number of hydrazine groups is 1. The average molecular weight is 254 g/mol. The fourth-order valence-electron chi connectivity index (χ4n) is 2.42. The summed E-state index contributed by atoms with van der Waals surface area (Å²) in [6.07, 6.45) is 1.78. The summed E-state index contributed by atoms with van der Waals surface area (Å²) in [6, 6.07) is 4.69. The van der Waals surface area contributed by atoms with E-state index in [9.17, 15) is 4.39 Å². The van der Waals surface area contributed by atoms with Gasteiger partial charge in [0.15, 0.2) is 0 Å². The van der Waals surface area contributed by atoms with E-state index in [0.29, 0.717) is 30.4 Å². The smallest absolute Gasteiger partial charge is 0.131 e. The second kappa shape index (κ2) is 6.13. The molecule has 2 rings (SSSR count). The normalized spacial score (nSPS) is 18.6. The molecule has 1 aliphatic heterocycles. The first-order valence-corrected chi connectivity index (χ1v) is 6.13. The molecule has 0 aromatic heterocycles. The zero-order valence-electron chi connectivity index (χ0n) is 10.5. The molecule has 1 aromatic carbocycles. The Balaban J connectivity index is 2.20. The topological polar surface area (TPSA) is 56.5 Å². The highest BCUT2D eigenvalue weighted by Gasteiger charge is 2.26. The standard InChI is InChI=1S/C13H19FN2O2/c1-17-10-2-3-11(12(14)8-10)13(16-15)9-4-6-18-7-5-9/h2-3,8-9,13,16H,4-7,15H2,1H3. The van der Waals surface area contributed by atoms with Crippen molar-refractivity contribution in [3.8, 4) is 5.75 Å². The molecule has 5 heteroatoms. The molecular formula is C13H19FN2O2. The van der Waals surface area contributed by atoms with Crippen LogP contribution in [0, 0.1) is 11.7 Å². The van der Waals surface area contributed by atoms with Crippen LogP contribution >= 0.6 is 0 Å². The summed E-state index contributed by atoms with van der Waals surface area (Å²) in [5.41, 5.74) is 3.32. The highest BCUT2D eigenvalue weighted by atomic mass is 19.1. The van der Waals surface area contributed by atoms with Crippen LogP contribution in [0.4, 0.5) is 4.39 Å². The summed E-state index contributed by atoms with van der Waals surface area (Å²) in [5.74, 6) is 6.11. The van der Waals surface area contributed by atoms with Gasteiger partial charge in [0.25, 0.3) is 0 Å². The molecule has 0 amide bonds. The van der Waals surface area contributed by atoms with Crippen LogP contribution in [0.5, 0.6) is 5.75 Å². The zero-order valence-corrected chi connectivity index (χ0v) is 10.5. The monoisotopic (exact) mass is 254 g/mol. The van der Waals surface area contributed by atoms with E-state index < -0.39 is 0 Å². The van der Waals surface area contributed by atoms with Gasteiger partial charge in [-0.05, 0) is 24.8 Å². The van der Waals surface area contributed by atoms with Gasteiger partial charge in [0.1, 0.15) is 11.6 Å². The largest absolute Gasteiger partial charge is 0.497 e. The molecule has 0 radical (unpaired) electrons. The quantitative estimate of drug-likeness (QED) is 0.635. The average Bonchev–Trinajstić information content (AvgIpc) is 2.42. The summed E-state index contributed by atoms with van der Waals surface area (Å²) in [6.45, 7) is 1.42. The molecule has 4 nitrogen and oxygen atoms in total. The van der Waals surface area contributed by atoms with Crippen molar-refractivity contribution in [1.82, 2.24) is 5.43 Å². The molecule has 1 aliphatic rings. The molecule has 0 aliphatic carbocycles.